The van der Waals surface area contributed by atoms with Crippen molar-refractivity contribution in [2.24, 2.45) is 11.7 Å². The Morgan fingerprint density at radius 3 is 2.33 bits per heavy atom. The number of fused-ring (bicyclic) bond motifs is 1. The Bertz CT molecular complexity index is 659. The Morgan fingerprint density at radius 1 is 1.12 bits per heavy atom. The number of aliphatic carboxylic acids is 1. The van der Waals surface area contributed by atoms with E-state index in [2.05, 4.69) is 0 Å². The standard InChI is InChI=1S/C10H12O3.C9H11NO/c11-7-9(10(12)13)6-8-4-2-1-3-5-8;10-9-7-4-2-1-3-6(7)5-8(9)11/h1-5,9,11H,6-7H2,(H,12,13);1-4,8-9,11H,5,10H2/t;8-,9+/m.1/s1. The van der Waals surface area contributed by atoms with E-state index in [-0.39, 0.29) is 18.8 Å². The van der Waals surface area contributed by atoms with Crippen molar-refractivity contribution >= 4 is 5.97 Å². The maximum atomic E-state index is 10.6. The molecule has 0 spiro atoms. The second-order valence-corrected chi connectivity index (χ2v) is 5.90. The molecule has 0 aromatic heterocycles. The Hall–Kier alpha value is -2.21. The first-order valence-corrected chi connectivity index (χ1v) is 7.92. The molecule has 3 rings (SSSR count). The molecule has 24 heavy (non-hydrogen) atoms. The third-order valence-electron chi connectivity index (χ3n) is 4.15. The van der Waals surface area contributed by atoms with Crippen molar-refractivity contribution in [1.82, 2.24) is 0 Å². The monoisotopic (exact) mass is 329 g/mol. The minimum absolute atomic E-state index is 0.175. The molecule has 1 unspecified atom stereocenters. The fourth-order valence-electron chi connectivity index (χ4n) is 2.73. The van der Waals surface area contributed by atoms with Crippen molar-refractivity contribution in [3.63, 3.8) is 0 Å². The van der Waals surface area contributed by atoms with Gasteiger partial charge in [0.1, 0.15) is 0 Å². The van der Waals surface area contributed by atoms with Gasteiger partial charge >= 0.3 is 5.97 Å². The van der Waals surface area contributed by atoms with E-state index in [1.54, 1.807) is 0 Å². The van der Waals surface area contributed by atoms with Gasteiger partial charge < -0.3 is 21.1 Å². The van der Waals surface area contributed by atoms with Crippen LogP contribution in [0.4, 0.5) is 0 Å². The highest BCUT2D eigenvalue weighted by Gasteiger charge is 2.26. The maximum Gasteiger partial charge on any atom is 0.309 e. The molecule has 2 aromatic rings. The minimum Gasteiger partial charge on any atom is -0.481 e. The van der Waals surface area contributed by atoms with E-state index in [0.29, 0.717) is 12.8 Å². The fourth-order valence-corrected chi connectivity index (χ4v) is 2.73. The van der Waals surface area contributed by atoms with Crippen LogP contribution in [0.5, 0.6) is 0 Å². The molecule has 2 aromatic carbocycles. The third-order valence-corrected chi connectivity index (χ3v) is 4.15. The largest absolute Gasteiger partial charge is 0.481 e. The first-order valence-electron chi connectivity index (χ1n) is 7.92. The normalized spacial score (nSPS) is 19.8. The van der Waals surface area contributed by atoms with E-state index in [9.17, 15) is 9.90 Å². The summed E-state index contributed by atoms with van der Waals surface area (Å²) in [4.78, 5) is 10.6. The van der Waals surface area contributed by atoms with Crippen LogP contribution in [0, 0.1) is 5.92 Å². The predicted octanol–water partition coefficient (Wildman–Crippen LogP) is 1.53. The van der Waals surface area contributed by atoms with Crippen molar-refractivity contribution in [3.8, 4) is 0 Å². The average molecular weight is 329 g/mol. The summed E-state index contributed by atoms with van der Waals surface area (Å²) in [7, 11) is 0. The lowest BCUT2D eigenvalue weighted by molar-refractivity contribution is -0.143. The van der Waals surface area contributed by atoms with Crippen LogP contribution in [-0.4, -0.2) is 34.0 Å². The summed E-state index contributed by atoms with van der Waals surface area (Å²) in [6.07, 6.45) is 0.705. The van der Waals surface area contributed by atoms with Crippen molar-refractivity contribution in [2.45, 2.75) is 25.0 Å². The zero-order chi connectivity index (χ0) is 17.5. The van der Waals surface area contributed by atoms with E-state index in [1.807, 2.05) is 54.6 Å². The van der Waals surface area contributed by atoms with Crippen LogP contribution in [0.2, 0.25) is 0 Å². The van der Waals surface area contributed by atoms with Crippen molar-refractivity contribution in [2.75, 3.05) is 6.61 Å². The SMILES string of the molecule is N[C@H]1c2ccccc2C[C@H]1O.O=C(O)C(CO)Cc1ccccc1. The van der Waals surface area contributed by atoms with Crippen LogP contribution < -0.4 is 5.73 Å². The van der Waals surface area contributed by atoms with Gasteiger partial charge in [-0.25, -0.2) is 0 Å². The van der Waals surface area contributed by atoms with Crippen LogP contribution in [0.25, 0.3) is 0 Å². The first kappa shape index (κ1) is 18.1. The molecular weight excluding hydrogens is 306 g/mol. The number of benzene rings is 2. The highest BCUT2D eigenvalue weighted by molar-refractivity contribution is 5.70. The van der Waals surface area contributed by atoms with Crippen molar-refractivity contribution < 1.29 is 20.1 Å². The minimum atomic E-state index is -0.952. The highest BCUT2D eigenvalue weighted by Crippen LogP contribution is 2.28. The Balaban J connectivity index is 0.000000175. The van der Waals surface area contributed by atoms with Crippen LogP contribution in [0.15, 0.2) is 54.6 Å². The van der Waals surface area contributed by atoms with Gasteiger partial charge in [-0.3, -0.25) is 4.79 Å². The van der Waals surface area contributed by atoms with Gasteiger partial charge in [0.05, 0.1) is 24.7 Å². The molecule has 0 fully saturated rings. The summed E-state index contributed by atoms with van der Waals surface area (Å²) < 4.78 is 0. The Labute approximate surface area is 141 Å². The molecule has 0 amide bonds. The first-order chi connectivity index (χ1) is 11.5. The lowest BCUT2D eigenvalue weighted by atomic mass is 10.0. The number of hydrogen-bond donors (Lipinski definition) is 4. The topological polar surface area (TPSA) is 104 Å². The summed E-state index contributed by atoms with van der Waals surface area (Å²) in [6, 6.07) is 17.0. The van der Waals surface area contributed by atoms with E-state index in [4.69, 9.17) is 15.9 Å². The number of nitrogens with two attached hydrogens (primary N) is 1. The number of rotatable bonds is 4. The molecule has 5 nitrogen and oxygen atoms in total. The molecule has 0 aliphatic heterocycles. The zero-order valence-electron chi connectivity index (χ0n) is 13.4. The van der Waals surface area contributed by atoms with Gasteiger partial charge in [0.25, 0.3) is 0 Å². The molecule has 0 radical (unpaired) electrons. The quantitative estimate of drug-likeness (QED) is 0.681. The summed E-state index contributed by atoms with van der Waals surface area (Å²) in [5.41, 5.74) is 8.96. The lowest BCUT2D eigenvalue weighted by Crippen LogP contribution is -2.21. The second kappa shape index (κ2) is 8.59. The van der Waals surface area contributed by atoms with Crippen molar-refractivity contribution in [3.05, 3.63) is 71.3 Å². The molecule has 0 bridgehead atoms. The van der Waals surface area contributed by atoms with Crippen LogP contribution in [0.3, 0.4) is 0 Å². The summed E-state index contributed by atoms with van der Waals surface area (Å²) in [5, 5.41) is 26.8. The van der Waals surface area contributed by atoms with E-state index < -0.39 is 11.9 Å². The molecule has 1 aliphatic carbocycles. The summed E-state index contributed by atoms with van der Waals surface area (Å²) >= 11 is 0. The predicted molar refractivity (Wildman–Crippen MR) is 91.4 cm³/mol. The van der Waals surface area contributed by atoms with Crippen LogP contribution in [0.1, 0.15) is 22.7 Å². The number of carbonyl (C=O) groups is 1. The van der Waals surface area contributed by atoms with Gasteiger partial charge in [-0.1, -0.05) is 54.6 Å². The third kappa shape index (κ3) is 4.64. The van der Waals surface area contributed by atoms with Gasteiger partial charge in [0, 0.05) is 6.42 Å². The molecule has 0 saturated carbocycles. The molecule has 0 heterocycles. The van der Waals surface area contributed by atoms with Gasteiger partial charge in [0.2, 0.25) is 0 Å². The van der Waals surface area contributed by atoms with Crippen molar-refractivity contribution in [1.29, 1.82) is 0 Å². The summed E-state index contributed by atoms with van der Waals surface area (Å²) in [6.45, 7) is -0.315. The zero-order valence-corrected chi connectivity index (χ0v) is 13.4. The van der Waals surface area contributed by atoms with Gasteiger partial charge in [0.15, 0.2) is 0 Å². The molecule has 128 valence electrons. The maximum absolute atomic E-state index is 10.6. The number of aliphatic hydroxyl groups excluding tert-OH is 2. The van der Waals surface area contributed by atoms with Gasteiger partial charge in [-0.2, -0.15) is 0 Å². The van der Waals surface area contributed by atoms with Crippen LogP contribution in [-0.2, 0) is 17.6 Å². The molecule has 1 aliphatic rings. The smallest absolute Gasteiger partial charge is 0.309 e. The molecule has 3 atom stereocenters. The number of aliphatic hydroxyl groups is 2. The summed E-state index contributed by atoms with van der Waals surface area (Å²) in [5.74, 6) is -1.64. The lowest BCUT2D eigenvalue weighted by Gasteiger charge is -2.07. The highest BCUT2D eigenvalue weighted by atomic mass is 16.4. The molecule has 0 saturated heterocycles. The Morgan fingerprint density at radius 2 is 1.75 bits per heavy atom. The molecule has 5 N–H and O–H groups in total. The van der Waals surface area contributed by atoms with Gasteiger partial charge in [-0.15, -0.1) is 0 Å². The van der Waals surface area contributed by atoms with E-state index in [0.717, 1.165) is 11.1 Å². The second-order valence-electron chi connectivity index (χ2n) is 5.90. The average Bonchev–Trinajstić information content (AvgIpc) is 2.89. The Kier molecular flexibility index (Phi) is 6.49. The number of carboxylic acids is 1. The number of hydrogen-bond acceptors (Lipinski definition) is 4. The fraction of sp³-hybridized carbons (Fsp3) is 0.316. The molecule has 5 heteroatoms. The molecular formula is C19H23NO4. The van der Waals surface area contributed by atoms with E-state index in [1.165, 1.54) is 5.56 Å². The van der Waals surface area contributed by atoms with Gasteiger partial charge in [-0.05, 0) is 23.1 Å². The van der Waals surface area contributed by atoms with Crippen LogP contribution >= 0.6 is 0 Å². The van der Waals surface area contributed by atoms with E-state index >= 15 is 0 Å². The number of carboxylic acid groups (broad SMARTS) is 1.